The van der Waals surface area contributed by atoms with Crippen molar-refractivity contribution in [2.24, 2.45) is 0 Å². The summed E-state index contributed by atoms with van der Waals surface area (Å²) in [6, 6.07) is 1.63. The lowest BCUT2D eigenvalue weighted by atomic mass is 10.0. The maximum atomic E-state index is 13.5. The van der Waals surface area contributed by atoms with Crippen molar-refractivity contribution in [3.8, 4) is 0 Å². The van der Waals surface area contributed by atoms with Crippen LogP contribution in [-0.4, -0.2) is 35.2 Å². The average Bonchev–Trinajstić information content (AvgIpc) is 2.77. The van der Waals surface area contributed by atoms with Crippen LogP contribution in [0, 0.1) is 5.82 Å². The predicted molar refractivity (Wildman–Crippen MR) is 73.0 cm³/mol. The largest absolute Gasteiger partial charge is 0.392 e. The lowest BCUT2D eigenvalue weighted by Crippen LogP contribution is -2.30. The lowest BCUT2D eigenvalue weighted by molar-refractivity contribution is -0.159. The molecule has 1 fully saturated rings. The number of carbonyl (C=O) groups is 1. The van der Waals surface area contributed by atoms with E-state index in [-0.39, 0.29) is 23.9 Å². The third kappa shape index (κ3) is 3.53. The fraction of sp³-hybridized carbons (Fsp3) is 0.500. The van der Waals surface area contributed by atoms with Crippen LogP contribution in [0.3, 0.4) is 0 Å². The van der Waals surface area contributed by atoms with Gasteiger partial charge in [0, 0.05) is 17.1 Å². The molecule has 1 N–H and O–H groups in total. The number of aliphatic hydroxyl groups is 1. The Kier molecular flexibility index (Phi) is 5.31. The van der Waals surface area contributed by atoms with Gasteiger partial charge in [0.2, 0.25) is 5.91 Å². The first kappa shape index (κ1) is 17.1. The second kappa shape index (κ2) is 6.85. The number of halogens is 4. The molecule has 0 spiro atoms. The zero-order valence-electron chi connectivity index (χ0n) is 11.7. The van der Waals surface area contributed by atoms with Gasteiger partial charge >= 0.3 is 6.61 Å². The highest BCUT2D eigenvalue weighted by Gasteiger charge is 2.36. The summed E-state index contributed by atoms with van der Waals surface area (Å²) in [6.45, 7) is -1.78. The van der Waals surface area contributed by atoms with Crippen molar-refractivity contribution in [2.45, 2.75) is 38.7 Å². The van der Waals surface area contributed by atoms with Crippen molar-refractivity contribution in [3.63, 3.8) is 0 Å². The minimum Gasteiger partial charge on any atom is -0.392 e. The van der Waals surface area contributed by atoms with Crippen molar-refractivity contribution in [3.05, 3.63) is 34.1 Å². The number of benzene rings is 1. The molecule has 0 bridgehead atoms. The van der Waals surface area contributed by atoms with E-state index in [0.29, 0.717) is 11.1 Å². The van der Waals surface area contributed by atoms with Crippen molar-refractivity contribution in [1.82, 2.24) is 4.90 Å². The van der Waals surface area contributed by atoms with E-state index in [0.717, 1.165) is 6.07 Å². The highest BCUT2D eigenvalue weighted by molar-refractivity contribution is 6.31. The Balaban J connectivity index is 2.25. The fourth-order valence-electron chi connectivity index (χ4n) is 2.64. The molecular weight excluding hydrogens is 323 g/mol. The molecule has 0 aromatic heterocycles. The van der Waals surface area contributed by atoms with Gasteiger partial charge in [-0.15, -0.1) is 0 Å². The third-order valence-electron chi connectivity index (χ3n) is 3.69. The number of likely N-dealkylation sites (tertiary alicyclic amines) is 1. The van der Waals surface area contributed by atoms with E-state index < -0.39 is 31.2 Å². The van der Waals surface area contributed by atoms with Crippen LogP contribution in [0.25, 0.3) is 0 Å². The Morgan fingerprint density at radius 3 is 2.77 bits per heavy atom. The molecular formula is C14H15ClF3NO3. The smallest absolute Gasteiger partial charge is 0.345 e. The Hall–Kier alpha value is -1.31. The highest BCUT2D eigenvalue weighted by Crippen LogP contribution is 2.33. The molecule has 1 aliphatic rings. The molecule has 1 saturated heterocycles. The molecule has 1 amide bonds. The van der Waals surface area contributed by atoms with E-state index >= 15 is 0 Å². The summed E-state index contributed by atoms with van der Waals surface area (Å²) in [7, 11) is 0. The van der Waals surface area contributed by atoms with Gasteiger partial charge in [0.25, 0.3) is 0 Å². The summed E-state index contributed by atoms with van der Waals surface area (Å²) in [6.07, 6.45) is -1.07. The molecule has 8 heteroatoms. The predicted octanol–water partition coefficient (Wildman–Crippen LogP) is 2.87. The average molecular weight is 338 g/mol. The first-order valence-electron chi connectivity index (χ1n) is 6.65. The molecule has 0 radical (unpaired) electrons. The zero-order chi connectivity index (χ0) is 16.4. The van der Waals surface area contributed by atoms with Crippen molar-refractivity contribution in [1.29, 1.82) is 0 Å². The molecule has 0 aliphatic carbocycles. The maximum Gasteiger partial charge on any atom is 0.345 e. The topological polar surface area (TPSA) is 49.8 Å². The molecule has 1 heterocycles. The quantitative estimate of drug-likeness (QED) is 0.899. The Bertz CT molecular complexity index is 571. The van der Waals surface area contributed by atoms with Gasteiger partial charge in [0.05, 0.1) is 25.2 Å². The lowest BCUT2D eigenvalue weighted by Gasteiger charge is -2.27. The first-order chi connectivity index (χ1) is 10.3. The van der Waals surface area contributed by atoms with Crippen molar-refractivity contribution < 1.29 is 27.8 Å². The monoisotopic (exact) mass is 337 g/mol. The maximum absolute atomic E-state index is 13.5. The van der Waals surface area contributed by atoms with E-state index in [4.69, 9.17) is 11.6 Å². The van der Waals surface area contributed by atoms with Gasteiger partial charge in [-0.05, 0) is 24.6 Å². The van der Waals surface area contributed by atoms with Crippen LogP contribution in [0.1, 0.15) is 30.5 Å². The molecule has 2 atom stereocenters. The molecule has 0 saturated carbocycles. The van der Waals surface area contributed by atoms with E-state index in [1.165, 1.54) is 11.0 Å². The first-order valence-corrected chi connectivity index (χ1v) is 7.03. The SMILES string of the molecule is CC(c1cc(F)cc(Cl)c1CO)N1CC(OC(F)F)CC1=O. The van der Waals surface area contributed by atoms with Crippen LogP contribution in [0.4, 0.5) is 13.2 Å². The molecule has 1 aliphatic heterocycles. The van der Waals surface area contributed by atoms with Crippen LogP contribution in [0.5, 0.6) is 0 Å². The number of amides is 1. The van der Waals surface area contributed by atoms with Crippen LogP contribution >= 0.6 is 11.6 Å². The van der Waals surface area contributed by atoms with E-state index in [2.05, 4.69) is 4.74 Å². The zero-order valence-corrected chi connectivity index (χ0v) is 12.5. The Morgan fingerprint density at radius 2 is 2.18 bits per heavy atom. The van der Waals surface area contributed by atoms with Gasteiger partial charge in [-0.3, -0.25) is 4.79 Å². The molecule has 1 aromatic carbocycles. The summed E-state index contributed by atoms with van der Waals surface area (Å²) in [5.41, 5.74) is 0.653. The Labute approximate surface area is 130 Å². The highest BCUT2D eigenvalue weighted by atomic mass is 35.5. The van der Waals surface area contributed by atoms with Crippen molar-refractivity contribution >= 4 is 17.5 Å². The minimum atomic E-state index is -2.95. The van der Waals surface area contributed by atoms with Gasteiger partial charge in [-0.2, -0.15) is 8.78 Å². The number of nitrogens with zero attached hydrogens (tertiary/aromatic N) is 1. The van der Waals surface area contributed by atoms with Crippen LogP contribution in [-0.2, 0) is 16.1 Å². The second-order valence-electron chi connectivity index (χ2n) is 5.06. The van der Waals surface area contributed by atoms with Gasteiger partial charge in [-0.1, -0.05) is 11.6 Å². The number of rotatable bonds is 5. The third-order valence-corrected chi connectivity index (χ3v) is 4.03. The molecule has 4 nitrogen and oxygen atoms in total. The van der Waals surface area contributed by atoms with E-state index in [1.807, 2.05) is 0 Å². The molecule has 1 aromatic rings. The van der Waals surface area contributed by atoms with Gasteiger partial charge in [0.1, 0.15) is 5.82 Å². The number of ether oxygens (including phenoxy) is 1. The Morgan fingerprint density at radius 1 is 1.50 bits per heavy atom. The van der Waals surface area contributed by atoms with Crippen molar-refractivity contribution in [2.75, 3.05) is 6.54 Å². The van der Waals surface area contributed by atoms with Crippen LogP contribution in [0.2, 0.25) is 5.02 Å². The number of hydrogen-bond acceptors (Lipinski definition) is 3. The van der Waals surface area contributed by atoms with Gasteiger partial charge in [0.15, 0.2) is 0 Å². The summed E-state index contributed by atoms with van der Waals surface area (Å²) in [4.78, 5) is 13.3. The molecule has 2 rings (SSSR count). The number of alkyl halides is 2. The minimum absolute atomic E-state index is 0.0245. The number of carbonyl (C=O) groups excluding carboxylic acids is 1. The summed E-state index contributed by atoms with van der Waals surface area (Å²) < 4.78 is 42.4. The second-order valence-corrected chi connectivity index (χ2v) is 5.47. The summed E-state index contributed by atoms with van der Waals surface area (Å²) in [5.74, 6) is -0.974. The standard InChI is InChI=1S/C14H15ClF3NO3/c1-7(10-2-8(16)3-12(15)11(10)6-20)19-5-9(4-13(19)21)22-14(17)18/h2-3,7,9,14,20H,4-6H2,1H3. The van der Waals surface area contributed by atoms with Gasteiger partial charge < -0.3 is 14.7 Å². The number of aliphatic hydroxyl groups excluding tert-OH is 1. The molecule has 2 unspecified atom stereocenters. The summed E-state index contributed by atoms with van der Waals surface area (Å²) in [5, 5.41) is 9.44. The van der Waals surface area contributed by atoms with Crippen LogP contribution in [0.15, 0.2) is 12.1 Å². The number of hydrogen-bond donors (Lipinski definition) is 1. The molecule has 122 valence electrons. The van der Waals surface area contributed by atoms with E-state index in [9.17, 15) is 23.1 Å². The summed E-state index contributed by atoms with van der Waals surface area (Å²) >= 11 is 5.89. The van der Waals surface area contributed by atoms with E-state index in [1.54, 1.807) is 6.92 Å². The molecule has 22 heavy (non-hydrogen) atoms. The van der Waals surface area contributed by atoms with Gasteiger partial charge in [-0.25, -0.2) is 4.39 Å². The van der Waals surface area contributed by atoms with Crippen LogP contribution < -0.4 is 0 Å². The normalized spacial score (nSPS) is 20.0. The fourth-order valence-corrected chi connectivity index (χ4v) is 2.91.